The van der Waals surface area contributed by atoms with Crippen molar-refractivity contribution in [2.45, 2.75) is 44.0 Å². The fourth-order valence-electron chi connectivity index (χ4n) is 4.58. The number of nitrogens with zero attached hydrogens (tertiary/aromatic N) is 5. The van der Waals surface area contributed by atoms with Gasteiger partial charge >= 0.3 is 0 Å². The van der Waals surface area contributed by atoms with E-state index in [9.17, 15) is 18.0 Å². The summed E-state index contributed by atoms with van der Waals surface area (Å²) < 4.78 is 29.4. The number of thiophene rings is 1. The number of aromatic nitrogens is 2. The molecule has 0 unspecified atom stereocenters. The molecule has 0 aliphatic carbocycles. The van der Waals surface area contributed by atoms with Gasteiger partial charge in [-0.2, -0.15) is 4.31 Å². The number of aryl methyl sites for hydroxylation is 1. The van der Waals surface area contributed by atoms with E-state index in [0.29, 0.717) is 29.3 Å². The van der Waals surface area contributed by atoms with Crippen LogP contribution < -0.4 is 10.9 Å². The third kappa shape index (κ3) is 5.51. The first-order chi connectivity index (χ1) is 16.3. The number of amides is 1. The molecule has 0 saturated carbocycles. The molecule has 2 aromatic rings. The maximum absolute atomic E-state index is 13.4. The molecule has 2 fully saturated rings. The van der Waals surface area contributed by atoms with Crippen molar-refractivity contribution < 1.29 is 13.2 Å². The van der Waals surface area contributed by atoms with Crippen molar-refractivity contribution in [3.05, 3.63) is 21.6 Å². The summed E-state index contributed by atoms with van der Waals surface area (Å²) in [6.07, 6.45) is 4.81. The second-order valence-electron chi connectivity index (χ2n) is 9.16. The Bertz CT molecular complexity index is 1180. The van der Waals surface area contributed by atoms with Crippen molar-refractivity contribution in [3.63, 3.8) is 0 Å². The van der Waals surface area contributed by atoms with Gasteiger partial charge in [-0.15, -0.1) is 11.3 Å². The van der Waals surface area contributed by atoms with Gasteiger partial charge in [-0.3, -0.25) is 14.2 Å². The number of rotatable bonds is 8. The van der Waals surface area contributed by atoms with Gasteiger partial charge in [0.15, 0.2) is 0 Å². The largest absolute Gasteiger partial charge is 0.354 e. The third-order valence-corrected chi connectivity index (χ3v) is 9.81. The zero-order valence-corrected chi connectivity index (χ0v) is 21.6. The smallest absolute Gasteiger partial charge is 0.263 e. The summed E-state index contributed by atoms with van der Waals surface area (Å²) in [7, 11) is -1.67. The minimum atomic E-state index is -3.79. The zero-order valence-electron chi connectivity index (χ0n) is 20.0. The molecule has 1 amide bonds. The lowest BCUT2D eigenvalue weighted by Gasteiger charge is -2.32. The van der Waals surface area contributed by atoms with Crippen LogP contribution in [0.25, 0.3) is 10.2 Å². The second-order valence-corrected chi connectivity index (χ2v) is 12.2. The van der Waals surface area contributed by atoms with Gasteiger partial charge in [-0.05, 0) is 39.8 Å². The van der Waals surface area contributed by atoms with Gasteiger partial charge < -0.3 is 15.1 Å². The van der Waals surface area contributed by atoms with Crippen LogP contribution in [0.15, 0.2) is 16.0 Å². The highest BCUT2D eigenvalue weighted by Gasteiger charge is 2.32. The van der Waals surface area contributed by atoms with E-state index >= 15 is 0 Å². The molecule has 0 bridgehead atoms. The van der Waals surface area contributed by atoms with Crippen molar-refractivity contribution >= 4 is 37.5 Å². The molecule has 2 saturated heterocycles. The van der Waals surface area contributed by atoms with Crippen molar-refractivity contribution in [2.24, 2.45) is 0 Å². The Hall–Kier alpha value is -1.86. The van der Waals surface area contributed by atoms with Crippen molar-refractivity contribution in [1.29, 1.82) is 0 Å². The lowest BCUT2D eigenvalue weighted by molar-refractivity contribution is -0.121. The van der Waals surface area contributed by atoms with Gasteiger partial charge in [0, 0.05) is 50.7 Å². The molecule has 2 aliphatic heterocycles. The first kappa shape index (κ1) is 25.2. The lowest BCUT2D eigenvalue weighted by atomic mass is 10.2. The minimum Gasteiger partial charge on any atom is -0.354 e. The summed E-state index contributed by atoms with van der Waals surface area (Å²) in [6, 6.07) is 0. The van der Waals surface area contributed by atoms with Crippen molar-refractivity contribution in [2.75, 3.05) is 59.4 Å². The number of hydrogen-bond donors (Lipinski definition) is 1. The number of likely N-dealkylation sites (N-methyl/N-ethyl adjacent to an activating group) is 1. The van der Waals surface area contributed by atoms with E-state index < -0.39 is 15.6 Å². The van der Waals surface area contributed by atoms with Crippen LogP contribution in [0.4, 0.5) is 0 Å². The van der Waals surface area contributed by atoms with E-state index in [-0.39, 0.29) is 22.7 Å². The molecule has 1 N–H and O–H groups in total. The third-order valence-electron chi connectivity index (χ3n) is 6.60. The summed E-state index contributed by atoms with van der Waals surface area (Å²) in [6.45, 7) is 8.09. The molecule has 0 aromatic carbocycles. The van der Waals surface area contributed by atoms with Crippen LogP contribution in [-0.2, 0) is 21.4 Å². The van der Waals surface area contributed by atoms with Crippen LogP contribution in [0.3, 0.4) is 0 Å². The van der Waals surface area contributed by atoms with Gasteiger partial charge in [-0.1, -0.05) is 6.42 Å². The van der Waals surface area contributed by atoms with E-state index in [4.69, 9.17) is 0 Å². The average Bonchev–Trinajstić information content (AvgIpc) is 3.18. The van der Waals surface area contributed by atoms with E-state index in [2.05, 4.69) is 27.1 Å². The number of hydrogen-bond acceptors (Lipinski definition) is 8. The first-order valence-corrected chi connectivity index (χ1v) is 14.2. The standard InChI is InChI=1S/C22H34N6O4S2/c1-17-20(34(31,32)28-9-4-3-5-10-28)19-21(33-17)24-16-27(22(19)30)15-18(29)23-7-6-8-26-13-11-25(2)12-14-26/h16H,3-15H2,1-2H3,(H,23,29). The summed E-state index contributed by atoms with van der Waals surface area (Å²) in [5.74, 6) is -0.283. The molecular formula is C22H34N6O4S2. The van der Waals surface area contributed by atoms with Crippen LogP contribution >= 0.6 is 11.3 Å². The summed E-state index contributed by atoms with van der Waals surface area (Å²) in [4.78, 5) is 35.7. The molecule has 10 nitrogen and oxygen atoms in total. The van der Waals surface area contributed by atoms with Crippen molar-refractivity contribution in [1.82, 2.24) is 29.0 Å². The Labute approximate surface area is 204 Å². The topological polar surface area (TPSA) is 108 Å². The lowest BCUT2D eigenvalue weighted by Crippen LogP contribution is -2.45. The van der Waals surface area contributed by atoms with E-state index in [1.165, 1.54) is 26.5 Å². The van der Waals surface area contributed by atoms with E-state index in [1.54, 1.807) is 6.92 Å². The molecule has 4 rings (SSSR count). The van der Waals surface area contributed by atoms with Crippen LogP contribution in [0.2, 0.25) is 0 Å². The molecule has 34 heavy (non-hydrogen) atoms. The molecule has 2 aromatic heterocycles. The molecule has 188 valence electrons. The number of carbonyl (C=O) groups is 1. The van der Waals surface area contributed by atoms with Crippen LogP contribution in [0.1, 0.15) is 30.6 Å². The van der Waals surface area contributed by atoms with Gasteiger partial charge in [-0.25, -0.2) is 13.4 Å². The summed E-state index contributed by atoms with van der Waals surface area (Å²) >= 11 is 1.20. The molecular weight excluding hydrogens is 476 g/mol. The van der Waals surface area contributed by atoms with Gasteiger partial charge in [0.05, 0.1) is 11.7 Å². The Morgan fingerprint density at radius 2 is 1.82 bits per heavy atom. The maximum Gasteiger partial charge on any atom is 0.263 e. The second kappa shape index (κ2) is 10.8. The minimum absolute atomic E-state index is 0.0498. The highest BCUT2D eigenvalue weighted by atomic mass is 32.2. The summed E-state index contributed by atoms with van der Waals surface area (Å²) in [5, 5.41) is 2.96. The number of piperazine rings is 1. The predicted molar refractivity (Wildman–Crippen MR) is 133 cm³/mol. The average molecular weight is 511 g/mol. The SMILES string of the molecule is Cc1sc2ncn(CC(=O)NCCCN3CCN(C)CC3)c(=O)c2c1S(=O)(=O)N1CCCCC1. The highest BCUT2D eigenvalue weighted by Crippen LogP contribution is 2.33. The van der Waals surface area contributed by atoms with Crippen molar-refractivity contribution in [3.8, 4) is 0 Å². The number of piperidine rings is 1. The molecule has 4 heterocycles. The van der Waals surface area contributed by atoms with E-state index in [0.717, 1.165) is 58.4 Å². The Morgan fingerprint density at radius 1 is 1.12 bits per heavy atom. The highest BCUT2D eigenvalue weighted by molar-refractivity contribution is 7.89. The molecule has 12 heteroatoms. The molecule has 2 aliphatic rings. The van der Waals surface area contributed by atoms with Crippen LogP contribution in [0, 0.1) is 6.92 Å². The molecule has 0 spiro atoms. The normalized spacial score (nSPS) is 19.0. The zero-order chi connectivity index (χ0) is 24.3. The predicted octanol–water partition coefficient (Wildman–Crippen LogP) is 0.695. The Balaban J connectivity index is 1.43. The number of fused-ring (bicyclic) bond motifs is 1. The maximum atomic E-state index is 13.4. The van der Waals surface area contributed by atoms with Crippen LogP contribution in [0.5, 0.6) is 0 Å². The fourth-order valence-corrected chi connectivity index (χ4v) is 7.77. The number of nitrogens with one attached hydrogen (secondary N) is 1. The fraction of sp³-hybridized carbons (Fsp3) is 0.682. The molecule has 0 radical (unpaired) electrons. The van der Waals surface area contributed by atoms with E-state index in [1.807, 2.05) is 0 Å². The Morgan fingerprint density at radius 3 is 2.53 bits per heavy atom. The first-order valence-electron chi connectivity index (χ1n) is 11.9. The van der Waals surface area contributed by atoms with Crippen LogP contribution in [-0.4, -0.2) is 97.4 Å². The summed E-state index contributed by atoms with van der Waals surface area (Å²) in [5.41, 5.74) is -0.488. The molecule has 0 atom stereocenters. The quantitative estimate of drug-likeness (QED) is 0.521. The Kier molecular flexibility index (Phi) is 8.03. The monoisotopic (exact) mass is 510 g/mol. The van der Waals surface area contributed by atoms with Gasteiger partial charge in [0.1, 0.15) is 16.3 Å². The van der Waals surface area contributed by atoms with Gasteiger partial charge in [0.2, 0.25) is 15.9 Å². The number of sulfonamides is 1. The van der Waals surface area contributed by atoms with Gasteiger partial charge in [0.25, 0.3) is 5.56 Å². The number of carbonyl (C=O) groups excluding carboxylic acids is 1.